The number of amides is 1. The molecule has 0 bridgehead atoms. The van der Waals surface area contributed by atoms with E-state index in [0.717, 1.165) is 34.2 Å². The van der Waals surface area contributed by atoms with Gasteiger partial charge in [0, 0.05) is 5.56 Å². The number of fused-ring (bicyclic) bond motifs is 2. The van der Waals surface area contributed by atoms with Gasteiger partial charge in [-0.2, -0.15) is 5.10 Å². The predicted octanol–water partition coefficient (Wildman–Crippen LogP) is 3.14. The molecule has 0 aromatic carbocycles. The molecule has 1 aromatic heterocycles. The minimum absolute atomic E-state index is 0.186. The predicted molar refractivity (Wildman–Crippen MR) is 78.6 cm³/mol. The first-order valence-corrected chi connectivity index (χ1v) is 7.65. The number of hydrogen-bond donors (Lipinski definition) is 1. The lowest BCUT2D eigenvalue weighted by Crippen LogP contribution is -2.51. The van der Waals surface area contributed by atoms with Crippen molar-refractivity contribution in [2.45, 2.75) is 57.7 Å². The number of carbonyl (C=O) groups excluding carboxylic acids is 1. The summed E-state index contributed by atoms with van der Waals surface area (Å²) in [6.45, 7) is 6.32. The van der Waals surface area contributed by atoms with Crippen LogP contribution >= 0.6 is 22.6 Å². The second-order valence-corrected chi connectivity index (χ2v) is 7.34. The zero-order valence-corrected chi connectivity index (χ0v) is 13.6. The number of H-pyrrole nitrogens is 1. The summed E-state index contributed by atoms with van der Waals surface area (Å²) in [6, 6.07) is 0. The molecule has 3 rings (SSSR count). The quantitative estimate of drug-likeness (QED) is 0.709. The average Bonchev–Trinajstić information content (AvgIpc) is 2.72. The smallest absolute Gasteiger partial charge is 0.411 e. The van der Waals surface area contributed by atoms with Crippen LogP contribution in [0.3, 0.4) is 0 Å². The van der Waals surface area contributed by atoms with Crippen LogP contribution in [0.5, 0.6) is 0 Å². The molecule has 1 fully saturated rings. The summed E-state index contributed by atoms with van der Waals surface area (Å²) in [7, 11) is 0. The fourth-order valence-electron chi connectivity index (χ4n) is 2.90. The van der Waals surface area contributed by atoms with Crippen LogP contribution in [0.2, 0.25) is 0 Å². The molecule has 1 aliphatic heterocycles. The van der Waals surface area contributed by atoms with E-state index >= 15 is 0 Å². The van der Waals surface area contributed by atoms with Crippen molar-refractivity contribution in [1.82, 2.24) is 15.1 Å². The Kier molecular flexibility index (Phi) is 2.85. The van der Waals surface area contributed by atoms with Crippen molar-refractivity contribution in [3.63, 3.8) is 0 Å². The molecule has 5 nitrogen and oxygen atoms in total. The van der Waals surface area contributed by atoms with Gasteiger partial charge in [0.25, 0.3) is 0 Å². The Morgan fingerprint density at radius 1 is 1.47 bits per heavy atom. The lowest BCUT2D eigenvalue weighted by atomic mass is 9.74. The number of nitrogens with zero attached hydrogens (tertiary/aromatic N) is 2. The van der Waals surface area contributed by atoms with Crippen molar-refractivity contribution < 1.29 is 9.53 Å². The van der Waals surface area contributed by atoms with E-state index < -0.39 is 5.60 Å². The van der Waals surface area contributed by atoms with Crippen molar-refractivity contribution >= 4 is 28.7 Å². The highest BCUT2D eigenvalue weighted by Gasteiger charge is 2.54. The second-order valence-electron chi connectivity index (χ2n) is 6.32. The molecular weight excluding hydrogens is 357 g/mol. The third-order valence-electron chi connectivity index (χ3n) is 3.91. The summed E-state index contributed by atoms with van der Waals surface area (Å²) < 4.78 is 6.51. The Morgan fingerprint density at radius 3 is 2.68 bits per heavy atom. The van der Waals surface area contributed by atoms with E-state index in [1.54, 1.807) is 0 Å². The number of aromatic amines is 1. The first-order chi connectivity index (χ1) is 8.83. The van der Waals surface area contributed by atoms with E-state index in [0.29, 0.717) is 6.54 Å². The highest BCUT2D eigenvalue weighted by molar-refractivity contribution is 14.1. The second kappa shape index (κ2) is 4.10. The normalized spacial score (nSPS) is 20.3. The van der Waals surface area contributed by atoms with E-state index in [1.807, 2.05) is 25.7 Å². The summed E-state index contributed by atoms with van der Waals surface area (Å²) in [6.07, 6.45) is 2.93. The molecule has 1 aromatic rings. The van der Waals surface area contributed by atoms with E-state index in [1.165, 1.54) is 0 Å². The Bertz CT molecular complexity index is 528. The Balaban J connectivity index is 1.91. The Labute approximate surface area is 126 Å². The number of carbonyl (C=O) groups is 1. The van der Waals surface area contributed by atoms with Gasteiger partial charge in [-0.25, -0.2) is 4.79 Å². The Hall–Kier alpha value is -0.790. The molecule has 104 valence electrons. The third-order valence-corrected chi connectivity index (χ3v) is 4.80. The highest BCUT2D eigenvalue weighted by Crippen LogP contribution is 2.52. The fraction of sp³-hybridized carbons (Fsp3) is 0.692. The van der Waals surface area contributed by atoms with Crippen LogP contribution in [-0.4, -0.2) is 26.8 Å². The molecule has 2 heterocycles. The standard InChI is InChI=1S/C13H18IN3O2/c1-12(2,3)19-11(18)17-7-8-9(15-16-10(8)14)13(17)5-4-6-13/h4-7H2,1-3H3,(H,15,16). The van der Waals surface area contributed by atoms with Crippen molar-refractivity contribution in [3.05, 3.63) is 15.0 Å². The molecule has 1 N–H and O–H groups in total. The maximum absolute atomic E-state index is 12.4. The molecule has 0 radical (unpaired) electrons. The largest absolute Gasteiger partial charge is 0.444 e. The Morgan fingerprint density at radius 2 is 2.16 bits per heavy atom. The number of hydrogen-bond acceptors (Lipinski definition) is 3. The summed E-state index contributed by atoms with van der Waals surface area (Å²) in [5.41, 5.74) is 1.64. The molecular formula is C13H18IN3O2. The summed E-state index contributed by atoms with van der Waals surface area (Å²) in [5.74, 6) is 0. The number of halogens is 1. The zero-order chi connectivity index (χ0) is 13.8. The maximum atomic E-state index is 12.4. The third kappa shape index (κ3) is 1.95. The summed E-state index contributed by atoms with van der Waals surface area (Å²) in [5, 5.41) is 7.39. The van der Waals surface area contributed by atoms with E-state index in [4.69, 9.17) is 4.74 Å². The van der Waals surface area contributed by atoms with Gasteiger partial charge in [0.15, 0.2) is 0 Å². The van der Waals surface area contributed by atoms with Crippen LogP contribution in [0.1, 0.15) is 51.3 Å². The van der Waals surface area contributed by atoms with Crippen molar-refractivity contribution in [1.29, 1.82) is 0 Å². The number of rotatable bonds is 0. The van der Waals surface area contributed by atoms with Crippen molar-refractivity contribution in [2.24, 2.45) is 0 Å². The van der Waals surface area contributed by atoms with Gasteiger partial charge in [0.05, 0.1) is 17.8 Å². The van der Waals surface area contributed by atoms with E-state index in [2.05, 4.69) is 32.8 Å². The molecule has 1 spiro atoms. The number of ether oxygens (including phenoxy) is 1. The van der Waals surface area contributed by atoms with Crippen molar-refractivity contribution in [2.75, 3.05) is 0 Å². The average molecular weight is 375 g/mol. The number of nitrogens with one attached hydrogen (secondary N) is 1. The fourth-order valence-corrected chi connectivity index (χ4v) is 3.47. The number of aromatic nitrogens is 2. The van der Waals surface area contributed by atoms with Gasteiger partial charge >= 0.3 is 6.09 Å². The lowest BCUT2D eigenvalue weighted by molar-refractivity contribution is -0.0251. The maximum Gasteiger partial charge on any atom is 0.411 e. The van der Waals surface area contributed by atoms with Crippen LogP contribution < -0.4 is 0 Å². The lowest BCUT2D eigenvalue weighted by Gasteiger charge is -2.45. The van der Waals surface area contributed by atoms with Crippen LogP contribution in [-0.2, 0) is 16.8 Å². The molecule has 1 aliphatic carbocycles. The molecule has 19 heavy (non-hydrogen) atoms. The van der Waals surface area contributed by atoms with Crippen LogP contribution in [0.4, 0.5) is 4.79 Å². The molecule has 1 amide bonds. The molecule has 0 atom stereocenters. The van der Waals surface area contributed by atoms with Crippen molar-refractivity contribution in [3.8, 4) is 0 Å². The van der Waals surface area contributed by atoms with E-state index in [-0.39, 0.29) is 11.6 Å². The minimum atomic E-state index is -0.455. The van der Waals surface area contributed by atoms with Gasteiger partial charge in [0.1, 0.15) is 9.30 Å². The molecule has 6 heteroatoms. The van der Waals surface area contributed by atoms with Gasteiger partial charge < -0.3 is 4.74 Å². The molecule has 1 saturated carbocycles. The van der Waals surface area contributed by atoms with Gasteiger partial charge in [0.2, 0.25) is 0 Å². The van der Waals surface area contributed by atoms with Gasteiger partial charge in [-0.15, -0.1) is 0 Å². The van der Waals surface area contributed by atoms with Gasteiger partial charge in [-0.05, 0) is 62.6 Å². The summed E-state index contributed by atoms with van der Waals surface area (Å²) >= 11 is 2.22. The summed E-state index contributed by atoms with van der Waals surface area (Å²) in [4.78, 5) is 14.3. The van der Waals surface area contributed by atoms with Gasteiger partial charge in [-0.3, -0.25) is 10.00 Å². The molecule has 0 unspecified atom stereocenters. The zero-order valence-electron chi connectivity index (χ0n) is 11.4. The first-order valence-electron chi connectivity index (χ1n) is 6.57. The SMILES string of the molecule is CC(C)(C)OC(=O)N1Cc2c(I)n[nH]c2C12CCC2. The van der Waals surface area contributed by atoms with Crippen LogP contribution in [0.15, 0.2) is 0 Å². The van der Waals surface area contributed by atoms with Crippen LogP contribution in [0, 0.1) is 3.70 Å². The van der Waals surface area contributed by atoms with Crippen LogP contribution in [0.25, 0.3) is 0 Å². The first kappa shape index (κ1) is 13.2. The molecule has 2 aliphatic rings. The topological polar surface area (TPSA) is 58.2 Å². The highest BCUT2D eigenvalue weighted by atomic mass is 127. The monoisotopic (exact) mass is 375 g/mol. The minimum Gasteiger partial charge on any atom is -0.444 e. The van der Waals surface area contributed by atoms with E-state index in [9.17, 15) is 4.79 Å². The molecule has 0 saturated heterocycles. The van der Waals surface area contributed by atoms with Gasteiger partial charge in [-0.1, -0.05) is 0 Å².